The molecule has 0 radical (unpaired) electrons. The van der Waals surface area contributed by atoms with E-state index in [9.17, 15) is 4.79 Å². The van der Waals surface area contributed by atoms with E-state index in [0.29, 0.717) is 29.1 Å². The van der Waals surface area contributed by atoms with Crippen LogP contribution in [-0.4, -0.2) is 12.1 Å². The van der Waals surface area contributed by atoms with E-state index in [2.05, 4.69) is 41.5 Å². The van der Waals surface area contributed by atoms with Crippen molar-refractivity contribution in [2.45, 2.75) is 92.6 Å². The lowest BCUT2D eigenvalue weighted by Gasteiger charge is -2.48. The second-order valence-electron chi connectivity index (χ2n) is 11.0. The van der Waals surface area contributed by atoms with Gasteiger partial charge >= 0.3 is 5.97 Å². The van der Waals surface area contributed by atoms with Crippen LogP contribution in [0.5, 0.6) is 0 Å². The minimum Gasteiger partial charge on any atom is -0.461 e. The summed E-state index contributed by atoms with van der Waals surface area (Å²) in [4.78, 5) is 12.8. The maximum absolute atomic E-state index is 12.8. The average molecular weight is 335 g/mol. The van der Waals surface area contributed by atoms with Gasteiger partial charge < -0.3 is 4.74 Å². The Kier molecular flexibility index (Phi) is 4.81. The van der Waals surface area contributed by atoms with Crippen molar-refractivity contribution in [3.63, 3.8) is 0 Å². The molecule has 2 saturated carbocycles. The first-order valence-electron chi connectivity index (χ1n) is 10.3. The minimum atomic E-state index is 0.140. The first-order chi connectivity index (χ1) is 11.1. The predicted octanol–water partition coefficient (Wildman–Crippen LogP) is 5.84. The molecule has 0 N–H and O–H groups in total. The zero-order valence-electron chi connectivity index (χ0n) is 16.7. The van der Waals surface area contributed by atoms with E-state index >= 15 is 0 Å². The molecule has 0 spiro atoms. The molecule has 0 aromatic heterocycles. The van der Waals surface area contributed by atoms with Gasteiger partial charge in [-0.1, -0.05) is 60.8 Å². The van der Waals surface area contributed by atoms with Gasteiger partial charge in [0.05, 0.1) is 5.92 Å². The Hall–Kier alpha value is -0.530. The van der Waals surface area contributed by atoms with E-state index in [0.717, 1.165) is 0 Å². The van der Waals surface area contributed by atoms with Crippen molar-refractivity contribution in [1.82, 2.24) is 0 Å². The zero-order chi connectivity index (χ0) is 17.7. The van der Waals surface area contributed by atoms with Gasteiger partial charge in [0.15, 0.2) is 0 Å². The van der Waals surface area contributed by atoms with E-state index in [1.807, 2.05) is 0 Å². The molecule has 1 heterocycles. The SMILES string of the molecule is CC(C)(C)C1CC2C(OC(=O)C2C2CCCCC2)C(C(C)(C)C)C1. The molecule has 1 aliphatic heterocycles. The van der Waals surface area contributed by atoms with Crippen molar-refractivity contribution in [2.24, 2.45) is 40.4 Å². The average Bonchev–Trinajstić information content (AvgIpc) is 2.80. The molecule has 5 unspecified atom stereocenters. The summed E-state index contributed by atoms with van der Waals surface area (Å²) in [5, 5.41) is 0. The number of carbonyl (C=O) groups excluding carboxylic acids is 1. The molecule has 0 aromatic carbocycles. The molecule has 138 valence electrons. The number of carbonyl (C=O) groups is 1. The topological polar surface area (TPSA) is 26.3 Å². The number of ether oxygens (including phenoxy) is 1. The van der Waals surface area contributed by atoms with Crippen LogP contribution in [0.4, 0.5) is 0 Å². The second-order valence-corrected chi connectivity index (χ2v) is 11.0. The maximum Gasteiger partial charge on any atom is 0.309 e. The number of esters is 1. The Labute approximate surface area is 149 Å². The van der Waals surface area contributed by atoms with Crippen LogP contribution in [0.3, 0.4) is 0 Å². The van der Waals surface area contributed by atoms with Gasteiger partial charge in [0.25, 0.3) is 0 Å². The lowest BCUT2D eigenvalue weighted by molar-refractivity contribution is -0.150. The Morgan fingerprint density at radius 2 is 1.50 bits per heavy atom. The highest BCUT2D eigenvalue weighted by Gasteiger charge is 2.56. The Morgan fingerprint density at radius 1 is 0.875 bits per heavy atom. The minimum absolute atomic E-state index is 0.140. The first-order valence-corrected chi connectivity index (χ1v) is 10.3. The molecule has 3 rings (SSSR count). The molecule has 0 aromatic rings. The Bertz CT molecular complexity index is 461. The Morgan fingerprint density at radius 3 is 2.04 bits per heavy atom. The fourth-order valence-electron chi connectivity index (χ4n) is 5.79. The molecule has 3 aliphatic rings. The van der Waals surface area contributed by atoms with E-state index in [1.165, 1.54) is 44.9 Å². The summed E-state index contributed by atoms with van der Waals surface area (Å²) in [5.74, 6) is 2.57. The van der Waals surface area contributed by atoms with Gasteiger partial charge in [-0.3, -0.25) is 4.79 Å². The normalized spacial score (nSPS) is 38.8. The molecule has 0 amide bonds. The lowest BCUT2D eigenvalue weighted by atomic mass is 9.56. The third-order valence-corrected chi connectivity index (χ3v) is 7.39. The molecular formula is C22H38O2. The summed E-state index contributed by atoms with van der Waals surface area (Å²) in [6, 6.07) is 0. The summed E-state index contributed by atoms with van der Waals surface area (Å²) in [5.41, 5.74) is 0.520. The van der Waals surface area contributed by atoms with Crippen LogP contribution in [0.15, 0.2) is 0 Å². The van der Waals surface area contributed by atoms with Gasteiger partial charge in [-0.25, -0.2) is 0 Å². The highest BCUT2D eigenvalue weighted by Crippen LogP contribution is 2.55. The van der Waals surface area contributed by atoms with E-state index in [1.54, 1.807) is 0 Å². The monoisotopic (exact) mass is 334 g/mol. The summed E-state index contributed by atoms with van der Waals surface area (Å²) in [7, 11) is 0. The van der Waals surface area contributed by atoms with Crippen LogP contribution in [0.1, 0.15) is 86.5 Å². The summed E-state index contributed by atoms with van der Waals surface area (Å²) in [6.45, 7) is 14.1. The summed E-state index contributed by atoms with van der Waals surface area (Å²) in [6.07, 6.45) is 9.00. The highest BCUT2D eigenvalue weighted by atomic mass is 16.6. The van der Waals surface area contributed by atoms with Gasteiger partial charge in [-0.2, -0.15) is 0 Å². The highest BCUT2D eigenvalue weighted by molar-refractivity contribution is 5.76. The van der Waals surface area contributed by atoms with Crippen LogP contribution in [-0.2, 0) is 9.53 Å². The van der Waals surface area contributed by atoms with Crippen LogP contribution in [0.25, 0.3) is 0 Å². The molecule has 0 bridgehead atoms. The molecule has 24 heavy (non-hydrogen) atoms. The van der Waals surface area contributed by atoms with Gasteiger partial charge in [-0.05, 0) is 48.3 Å². The molecule has 2 aliphatic carbocycles. The van der Waals surface area contributed by atoms with Gasteiger partial charge in [0.1, 0.15) is 6.10 Å². The Balaban J connectivity index is 1.89. The number of fused-ring (bicyclic) bond motifs is 1. The van der Waals surface area contributed by atoms with Crippen molar-refractivity contribution < 1.29 is 9.53 Å². The fourth-order valence-corrected chi connectivity index (χ4v) is 5.79. The number of hydrogen-bond acceptors (Lipinski definition) is 2. The predicted molar refractivity (Wildman–Crippen MR) is 98.6 cm³/mol. The molecule has 1 saturated heterocycles. The number of hydrogen-bond donors (Lipinski definition) is 0. The molecule has 5 atom stereocenters. The molecular weight excluding hydrogens is 296 g/mol. The van der Waals surface area contributed by atoms with E-state index < -0.39 is 0 Å². The summed E-state index contributed by atoms with van der Waals surface area (Å²) >= 11 is 0. The summed E-state index contributed by atoms with van der Waals surface area (Å²) < 4.78 is 6.09. The quantitative estimate of drug-likeness (QED) is 0.563. The molecule has 3 fully saturated rings. The van der Waals surface area contributed by atoms with E-state index in [4.69, 9.17) is 4.74 Å². The maximum atomic E-state index is 12.8. The van der Waals surface area contributed by atoms with Crippen molar-refractivity contribution >= 4 is 5.97 Å². The number of rotatable bonds is 1. The second kappa shape index (κ2) is 6.32. The van der Waals surface area contributed by atoms with Crippen LogP contribution >= 0.6 is 0 Å². The van der Waals surface area contributed by atoms with E-state index in [-0.39, 0.29) is 23.4 Å². The first kappa shape index (κ1) is 18.3. The standard InChI is InChI=1S/C22H38O2/c1-21(2,3)15-12-16-18(14-10-8-7-9-11-14)20(23)24-19(16)17(13-15)22(4,5)6/h14-19H,7-13H2,1-6H3. The van der Waals surface area contributed by atoms with Crippen LogP contribution in [0.2, 0.25) is 0 Å². The molecule has 2 nitrogen and oxygen atoms in total. The smallest absolute Gasteiger partial charge is 0.309 e. The van der Waals surface area contributed by atoms with Gasteiger partial charge in [0.2, 0.25) is 0 Å². The third kappa shape index (κ3) is 3.40. The van der Waals surface area contributed by atoms with Crippen molar-refractivity contribution in [3.05, 3.63) is 0 Å². The van der Waals surface area contributed by atoms with Crippen molar-refractivity contribution in [3.8, 4) is 0 Å². The zero-order valence-corrected chi connectivity index (χ0v) is 16.7. The lowest BCUT2D eigenvalue weighted by Crippen LogP contribution is -2.46. The molecule has 2 heteroatoms. The van der Waals surface area contributed by atoms with Crippen molar-refractivity contribution in [2.75, 3.05) is 0 Å². The van der Waals surface area contributed by atoms with Crippen molar-refractivity contribution in [1.29, 1.82) is 0 Å². The van der Waals surface area contributed by atoms with Gasteiger partial charge in [0, 0.05) is 11.8 Å². The van der Waals surface area contributed by atoms with Crippen LogP contribution in [0, 0.1) is 40.4 Å². The fraction of sp³-hybridized carbons (Fsp3) is 0.955. The third-order valence-electron chi connectivity index (χ3n) is 7.39. The van der Waals surface area contributed by atoms with Crippen LogP contribution < -0.4 is 0 Å². The van der Waals surface area contributed by atoms with Gasteiger partial charge in [-0.15, -0.1) is 0 Å². The largest absolute Gasteiger partial charge is 0.461 e.